The van der Waals surface area contributed by atoms with E-state index in [4.69, 9.17) is 33.7 Å². The lowest BCUT2D eigenvalue weighted by Gasteiger charge is -2.20. The summed E-state index contributed by atoms with van der Waals surface area (Å²) < 4.78 is 62.1. The molecule has 1 aromatic heterocycles. The zero-order chi connectivity index (χ0) is 26.1. The minimum atomic E-state index is -4.09. The molecule has 36 heavy (non-hydrogen) atoms. The monoisotopic (exact) mass is 610 g/mol. The summed E-state index contributed by atoms with van der Waals surface area (Å²) in [5.74, 6) is 4.25. The first-order valence-corrected chi connectivity index (χ1v) is 16.2. The molecule has 0 spiro atoms. The van der Waals surface area contributed by atoms with E-state index in [0.29, 0.717) is 23.1 Å². The quantitative estimate of drug-likeness (QED) is 0.196. The van der Waals surface area contributed by atoms with Crippen LogP contribution in [0.4, 0.5) is 5.69 Å². The maximum Gasteiger partial charge on any atom is 0.283 e. The molecule has 3 N–H and O–H groups in total. The number of aryl methyl sites for hydroxylation is 1. The summed E-state index contributed by atoms with van der Waals surface area (Å²) in [6, 6.07) is 11.0. The molecule has 0 saturated carbocycles. The fourth-order valence-corrected chi connectivity index (χ4v) is 7.47. The third kappa shape index (κ3) is 6.71. The van der Waals surface area contributed by atoms with Crippen LogP contribution in [0.1, 0.15) is 17.8 Å². The zero-order valence-electron chi connectivity index (χ0n) is 18.6. The second-order valence-electron chi connectivity index (χ2n) is 7.90. The first kappa shape index (κ1) is 27.6. The number of thiazole rings is 1. The van der Waals surface area contributed by atoms with E-state index in [9.17, 15) is 16.8 Å². The molecule has 1 aliphatic heterocycles. The normalized spacial score (nSPS) is 15.2. The van der Waals surface area contributed by atoms with Gasteiger partial charge in [-0.1, -0.05) is 46.3 Å². The summed E-state index contributed by atoms with van der Waals surface area (Å²) in [5, 5.41) is 2.78. The van der Waals surface area contributed by atoms with Crippen molar-refractivity contribution in [2.75, 3.05) is 23.0 Å². The maximum absolute atomic E-state index is 11.7. The summed E-state index contributed by atoms with van der Waals surface area (Å²) in [6.45, 7) is 0.711. The van der Waals surface area contributed by atoms with Crippen molar-refractivity contribution in [1.82, 2.24) is 0 Å². The minimum absolute atomic E-state index is 0.210. The number of hydrogen-bond donors (Lipinski definition) is 2. The van der Waals surface area contributed by atoms with Crippen LogP contribution in [0.25, 0.3) is 16.3 Å². The summed E-state index contributed by atoms with van der Waals surface area (Å²) in [7, 11) is -7.90. The molecule has 0 radical (unpaired) electrons. The fraction of sp³-hybridized carbons (Fsp3) is 0.286. The Kier molecular flexibility index (Phi) is 8.54. The van der Waals surface area contributed by atoms with Gasteiger partial charge < -0.3 is 4.90 Å². The van der Waals surface area contributed by atoms with Crippen LogP contribution < -0.4 is 15.4 Å². The number of anilines is 1. The molecule has 0 unspecified atom stereocenters. The predicted octanol–water partition coefficient (Wildman–Crippen LogP) is 4.29. The van der Waals surface area contributed by atoms with Crippen molar-refractivity contribution in [3.63, 3.8) is 0 Å². The van der Waals surface area contributed by atoms with Crippen molar-refractivity contribution in [1.29, 1.82) is 0 Å². The highest BCUT2D eigenvalue weighted by atomic mass is 35.5. The van der Waals surface area contributed by atoms with Crippen molar-refractivity contribution >= 4 is 88.5 Å². The van der Waals surface area contributed by atoms with E-state index in [-0.39, 0.29) is 24.3 Å². The van der Waals surface area contributed by atoms with Crippen molar-refractivity contribution in [2.45, 2.75) is 24.3 Å². The third-order valence-electron chi connectivity index (χ3n) is 5.34. The number of nitrogens with zero attached hydrogens (tertiary/aromatic N) is 2. The van der Waals surface area contributed by atoms with E-state index in [2.05, 4.69) is 4.28 Å². The molecule has 15 heteroatoms. The average Bonchev–Trinajstić information content (AvgIpc) is 3.30. The van der Waals surface area contributed by atoms with E-state index < -0.39 is 20.2 Å². The molecule has 0 aliphatic carbocycles. The van der Waals surface area contributed by atoms with Crippen molar-refractivity contribution < 1.29 is 30.2 Å². The van der Waals surface area contributed by atoms with Gasteiger partial charge in [-0.25, -0.2) is 0 Å². The van der Waals surface area contributed by atoms with E-state index in [0.717, 1.165) is 30.8 Å². The summed E-state index contributed by atoms with van der Waals surface area (Å²) in [4.78, 5) is 2.95. The van der Waals surface area contributed by atoms with Crippen LogP contribution in [-0.2, 0) is 31.1 Å². The largest absolute Gasteiger partial charge is 0.335 e. The maximum atomic E-state index is 11.7. The van der Waals surface area contributed by atoms with E-state index in [1.54, 1.807) is 12.1 Å². The Morgan fingerprint density at radius 2 is 1.78 bits per heavy atom. The Hall–Kier alpha value is -1.42. The van der Waals surface area contributed by atoms with Crippen molar-refractivity contribution in [3.8, 4) is 0 Å². The highest BCUT2D eigenvalue weighted by Crippen LogP contribution is 2.48. The van der Waals surface area contributed by atoms with Gasteiger partial charge in [-0.2, -0.15) is 31.6 Å². The molecule has 194 valence electrons. The molecule has 0 saturated heterocycles. The lowest BCUT2D eigenvalue weighted by atomic mass is 10.2. The average molecular weight is 612 g/mol. The lowest BCUT2D eigenvalue weighted by Crippen LogP contribution is -2.36. The molecule has 0 bridgehead atoms. The molecule has 2 heterocycles. The highest BCUT2D eigenvalue weighted by molar-refractivity contribution is 8.04. The summed E-state index contributed by atoms with van der Waals surface area (Å²) >= 11 is 15.5. The number of nitrogens with two attached hydrogens (primary N) is 1. The van der Waals surface area contributed by atoms with E-state index >= 15 is 0 Å². The molecule has 0 fully saturated rings. The van der Waals surface area contributed by atoms with Gasteiger partial charge in [0.1, 0.15) is 4.70 Å². The van der Waals surface area contributed by atoms with Crippen LogP contribution in [0.2, 0.25) is 10.0 Å². The molecular weight excluding hydrogens is 589 g/mol. The number of aromatic nitrogens is 1. The number of rotatable bonds is 10. The van der Waals surface area contributed by atoms with Gasteiger partial charge in [-0.05, 0) is 36.8 Å². The van der Waals surface area contributed by atoms with Crippen LogP contribution in [0.5, 0.6) is 0 Å². The molecule has 1 aliphatic rings. The van der Waals surface area contributed by atoms with Crippen LogP contribution in [-0.4, -0.2) is 39.4 Å². The van der Waals surface area contributed by atoms with Crippen LogP contribution in [0, 0.1) is 0 Å². The van der Waals surface area contributed by atoms with Crippen LogP contribution >= 0.6 is 46.3 Å². The standard InChI is InChI=1S/C21H21Cl2N3O6S4/c22-14-3-5-18-16(11-14)25(7-1-9-35(27,28)29)20(33-18)13-21-26(8-2-10-36(30,31)32-24)17-12-15(23)4-6-19(17)34-21/h3-6,11-13H,1-2,7-10,24H2/p+1. The van der Waals surface area contributed by atoms with Gasteiger partial charge in [-0.15, -0.1) is 0 Å². The first-order chi connectivity index (χ1) is 17.0. The molecule has 2 aromatic carbocycles. The molecule has 4 rings (SSSR count). The molecule has 9 nitrogen and oxygen atoms in total. The number of thioether (sulfide) groups is 1. The van der Waals surface area contributed by atoms with Gasteiger partial charge in [0.25, 0.3) is 25.2 Å². The van der Waals surface area contributed by atoms with Crippen molar-refractivity contribution in [2.24, 2.45) is 5.90 Å². The molecule has 0 amide bonds. The second kappa shape index (κ2) is 11.1. The van der Waals surface area contributed by atoms with Gasteiger partial charge in [0, 0.05) is 34.0 Å². The van der Waals surface area contributed by atoms with E-state index in [1.165, 1.54) is 23.1 Å². The summed E-state index contributed by atoms with van der Waals surface area (Å²) in [5.41, 5.74) is 1.70. The number of halogens is 2. The predicted molar refractivity (Wildman–Crippen MR) is 144 cm³/mol. The Bertz CT molecular complexity index is 1540. The number of hydrogen-bond acceptors (Lipinski definition) is 9. The minimum Gasteiger partial charge on any atom is -0.335 e. The smallest absolute Gasteiger partial charge is 0.283 e. The Balaban J connectivity index is 1.72. The van der Waals surface area contributed by atoms with Gasteiger partial charge >= 0.3 is 0 Å². The number of benzene rings is 2. The third-order valence-corrected chi connectivity index (χ3v) is 9.92. The van der Waals surface area contributed by atoms with Gasteiger partial charge in [0.2, 0.25) is 5.52 Å². The topological polar surface area (TPSA) is 131 Å². The van der Waals surface area contributed by atoms with Gasteiger partial charge in [0.05, 0.1) is 28.3 Å². The molecule has 3 aromatic rings. The van der Waals surface area contributed by atoms with Crippen LogP contribution in [0.15, 0.2) is 46.3 Å². The zero-order valence-corrected chi connectivity index (χ0v) is 23.4. The van der Waals surface area contributed by atoms with Gasteiger partial charge in [-0.3, -0.25) is 4.55 Å². The Morgan fingerprint density at radius 1 is 1.06 bits per heavy atom. The lowest BCUT2D eigenvalue weighted by molar-refractivity contribution is -0.668. The highest BCUT2D eigenvalue weighted by Gasteiger charge is 2.29. The SMILES string of the molecule is NOS(=O)(=O)CCCN1/C(=C\c2sc3ccc(Cl)cc3[n+]2CCCS(=O)(=O)O)Sc2ccc(Cl)cc21. The Morgan fingerprint density at radius 3 is 2.50 bits per heavy atom. The molecular formula is C21H22Cl2N3O6S4+. The van der Waals surface area contributed by atoms with Gasteiger partial charge in [0.15, 0.2) is 6.54 Å². The van der Waals surface area contributed by atoms with Crippen LogP contribution in [0.3, 0.4) is 0 Å². The fourth-order valence-electron chi connectivity index (χ4n) is 3.78. The second-order valence-corrected chi connectivity index (χ2v) is 14.2. The summed E-state index contributed by atoms with van der Waals surface area (Å²) in [6.07, 6.45) is 2.44. The first-order valence-electron chi connectivity index (χ1n) is 10.6. The Labute approximate surface area is 227 Å². The van der Waals surface area contributed by atoms with E-state index in [1.807, 2.05) is 39.8 Å². The molecule has 0 atom stereocenters. The number of fused-ring (bicyclic) bond motifs is 2. The van der Waals surface area contributed by atoms with Crippen molar-refractivity contribution in [3.05, 3.63) is 56.5 Å².